The molecule has 3 aromatic carbocycles. The number of rotatable bonds is 10. The van der Waals surface area contributed by atoms with Crippen LogP contribution in [0.25, 0.3) is 11.3 Å². The summed E-state index contributed by atoms with van der Waals surface area (Å²) in [5.74, 6) is -2.30. The van der Waals surface area contributed by atoms with Crippen LogP contribution in [0.5, 0.6) is 0 Å². The summed E-state index contributed by atoms with van der Waals surface area (Å²) in [5.41, 5.74) is 4.01. The third-order valence-corrected chi connectivity index (χ3v) is 9.26. The number of thiazole rings is 1. The van der Waals surface area contributed by atoms with E-state index in [1.807, 2.05) is 79.0 Å². The quantitative estimate of drug-likeness (QED) is 0.175. The molecule has 10 heteroatoms. The summed E-state index contributed by atoms with van der Waals surface area (Å²) in [6.07, 6.45) is 6.28. The first-order valence-corrected chi connectivity index (χ1v) is 16.2. The van der Waals surface area contributed by atoms with E-state index in [0.29, 0.717) is 22.8 Å². The second-order valence-electron chi connectivity index (χ2n) is 11.7. The second-order valence-corrected chi connectivity index (χ2v) is 12.6. The third-order valence-electron chi connectivity index (χ3n) is 8.43. The SMILES string of the molecule is CN(C)c1ccc(NC(=O)[C@H]([C@@H]2CC=CCC2)N(Cc2nc(-c3ccccc3)cs2)C(=O)CN2C(=O)C(=O)c3ccccc32)cc1. The highest BCUT2D eigenvalue weighted by molar-refractivity contribution is 7.09. The number of nitrogens with one attached hydrogen (secondary N) is 1. The van der Waals surface area contributed by atoms with Crippen LogP contribution < -0.4 is 15.1 Å². The van der Waals surface area contributed by atoms with Gasteiger partial charge in [-0.15, -0.1) is 11.3 Å². The average Bonchev–Trinajstić information content (AvgIpc) is 3.64. The number of Topliss-reactive ketones (excluding diaryl/α,β-unsaturated/α-hetero) is 1. The van der Waals surface area contributed by atoms with Crippen LogP contribution in [-0.2, 0) is 20.9 Å². The lowest BCUT2D eigenvalue weighted by molar-refractivity contribution is -0.140. The van der Waals surface area contributed by atoms with E-state index in [1.165, 1.54) is 16.2 Å². The molecule has 0 fully saturated rings. The van der Waals surface area contributed by atoms with E-state index in [9.17, 15) is 19.2 Å². The molecule has 0 saturated carbocycles. The van der Waals surface area contributed by atoms with Gasteiger partial charge in [-0.2, -0.15) is 0 Å². The maximum atomic E-state index is 14.4. The van der Waals surface area contributed by atoms with Crippen molar-refractivity contribution in [3.63, 3.8) is 0 Å². The second kappa shape index (κ2) is 13.5. The first kappa shape index (κ1) is 30.9. The van der Waals surface area contributed by atoms with E-state index >= 15 is 0 Å². The molecule has 1 aliphatic carbocycles. The summed E-state index contributed by atoms with van der Waals surface area (Å²) in [5, 5.41) is 5.66. The van der Waals surface area contributed by atoms with Crippen LogP contribution >= 0.6 is 11.3 Å². The molecule has 0 saturated heterocycles. The standard InChI is InChI=1S/C36H35N5O4S/c1-39(2)27-19-17-26(18-20-27)37-35(44)33(25-13-7-4-8-14-25)41(21-31-38-29(23-46-31)24-11-5-3-6-12-24)32(42)22-40-30-16-10-9-15-28(30)34(43)36(40)45/h3-7,9-12,15-20,23,25,33H,8,13-14,21-22H2,1-2H3,(H,37,44)/t25-,33+/m1/s1. The van der Waals surface area contributed by atoms with E-state index in [0.717, 1.165) is 29.8 Å². The molecule has 2 atom stereocenters. The van der Waals surface area contributed by atoms with Gasteiger partial charge in [-0.3, -0.25) is 24.1 Å². The van der Waals surface area contributed by atoms with Gasteiger partial charge in [0.15, 0.2) is 0 Å². The number of carbonyl (C=O) groups excluding carboxylic acids is 4. The topological polar surface area (TPSA) is 103 Å². The number of anilines is 3. The Morgan fingerprint density at radius 2 is 1.72 bits per heavy atom. The number of hydrogen-bond donors (Lipinski definition) is 1. The molecule has 0 spiro atoms. The lowest BCUT2D eigenvalue weighted by atomic mass is 9.86. The largest absolute Gasteiger partial charge is 0.378 e. The number of para-hydroxylation sites is 1. The van der Waals surface area contributed by atoms with Crippen molar-refractivity contribution in [3.8, 4) is 11.3 Å². The molecule has 3 amide bonds. The smallest absolute Gasteiger partial charge is 0.299 e. The van der Waals surface area contributed by atoms with Crippen LogP contribution in [-0.4, -0.2) is 60.1 Å². The Balaban J connectivity index is 1.35. The van der Waals surface area contributed by atoms with E-state index in [-0.39, 0.29) is 30.5 Å². The molecule has 6 rings (SSSR count). The van der Waals surface area contributed by atoms with Gasteiger partial charge < -0.3 is 15.1 Å². The molecular weight excluding hydrogens is 598 g/mol. The maximum absolute atomic E-state index is 14.4. The van der Waals surface area contributed by atoms with Gasteiger partial charge >= 0.3 is 0 Å². The molecule has 1 aliphatic heterocycles. The molecule has 2 heterocycles. The third kappa shape index (κ3) is 6.48. The molecule has 0 bridgehead atoms. The van der Waals surface area contributed by atoms with Gasteiger partial charge in [0.25, 0.3) is 11.7 Å². The molecule has 2 aliphatic rings. The fourth-order valence-electron chi connectivity index (χ4n) is 6.02. The van der Waals surface area contributed by atoms with Crippen molar-refractivity contribution in [2.75, 3.05) is 35.8 Å². The van der Waals surface area contributed by atoms with Crippen molar-refractivity contribution < 1.29 is 19.2 Å². The van der Waals surface area contributed by atoms with Gasteiger partial charge in [0.1, 0.15) is 17.6 Å². The normalized spacial score (nSPS) is 16.2. The van der Waals surface area contributed by atoms with Crippen LogP contribution in [0.4, 0.5) is 17.1 Å². The molecule has 1 aromatic heterocycles. The molecule has 9 nitrogen and oxygen atoms in total. The van der Waals surface area contributed by atoms with E-state index in [1.54, 1.807) is 29.2 Å². The summed E-state index contributed by atoms with van der Waals surface area (Å²) >= 11 is 1.42. The van der Waals surface area contributed by atoms with Gasteiger partial charge in [0.05, 0.1) is 23.5 Å². The minimum absolute atomic E-state index is 0.0752. The lowest BCUT2D eigenvalue weighted by Gasteiger charge is -2.37. The summed E-state index contributed by atoms with van der Waals surface area (Å²) in [4.78, 5) is 64.0. The zero-order valence-corrected chi connectivity index (χ0v) is 26.6. The van der Waals surface area contributed by atoms with Crippen molar-refractivity contribution in [3.05, 3.63) is 107 Å². The highest BCUT2D eigenvalue weighted by Gasteiger charge is 2.41. The summed E-state index contributed by atoms with van der Waals surface area (Å²) in [6.45, 7) is -0.297. The Hall–Kier alpha value is -5.09. The number of allylic oxidation sites excluding steroid dienone is 2. The van der Waals surface area contributed by atoms with Gasteiger partial charge in [-0.25, -0.2) is 4.98 Å². The fourth-order valence-corrected chi connectivity index (χ4v) is 6.82. The number of amides is 3. The molecule has 0 radical (unpaired) electrons. The van der Waals surface area contributed by atoms with E-state index in [2.05, 4.69) is 17.5 Å². The van der Waals surface area contributed by atoms with Gasteiger partial charge in [0.2, 0.25) is 11.8 Å². The average molecular weight is 634 g/mol. The predicted molar refractivity (Wildman–Crippen MR) is 181 cm³/mol. The van der Waals surface area contributed by atoms with Crippen molar-refractivity contribution in [1.82, 2.24) is 9.88 Å². The minimum Gasteiger partial charge on any atom is -0.378 e. The summed E-state index contributed by atoms with van der Waals surface area (Å²) in [7, 11) is 3.89. The Labute approximate surface area is 272 Å². The lowest BCUT2D eigenvalue weighted by Crippen LogP contribution is -2.54. The Bertz CT molecular complexity index is 1780. The molecule has 4 aromatic rings. The Morgan fingerprint density at radius 1 is 0.978 bits per heavy atom. The zero-order chi connectivity index (χ0) is 32.2. The molecule has 234 valence electrons. The van der Waals surface area contributed by atoms with Crippen LogP contribution in [0.2, 0.25) is 0 Å². The van der Waals surface area contributed by atoms with Crippen LogP contribution in [0.15, 0.2) is 96.4 Å². The van der Waals surface area contributed by atoms with E-state index < -0.39 is 23.6 Å². The fraction of sp³-hybridized carbons (Fsp3) is 0.250. The number of fused-ring (bicyclic) bond motifs is 1. The van der Waals surface area contributed by atoms with Gasteiger partial charge in [0, 0.05) is 36.4 Å². The maximum Gasteiger partial charge on any atom is 0.299 e. The Kier molecular flexibility index (Phi) is 9.07. The van der Waals surface area contributed by atoms with Crippen LogP contribution in [0.1, 0.15) is 34.6 Å². The summed E-state index contributed by atoms with van der Waals surface area (Å²) in [6, 6.07) is 23.1. The molecular formula is C36H35N5O4S. The number of nitrogens with zero attached hydrogens (tertiary/aromatic N) is 4. The van der Waals surface area contributed by atoms with Crippen molar-refractivity contribution in [2.24, 2.45) is 5.92 Å². The highest BCUT2D eigenvalue weighted by atomic mass is 32.1. The predicted octanol–water partition coefficient (Wildman–Crippen LogP) is 5.80. The number of benzene rings is 3. The van der Waals surface area contributed by atoms with Crippen LogP contribution in [0, 0.1) is 5.92 Å². The van der Waals surface area contributed by atoms with Crippen molar-refractivity contribution in [1.29, 1.82) is 0 Å². The number of ketones is 1. The zero-order valence-electron chi connectivity index (χ0n) is 25.8. The summed E-state index contributed by atoms with van der Waals surface area (Å²) < 4.78 is 0. The Morgan fingerprint density at radius 3 is 2.43 bits per heavy atom. The molecule has 1 N–H and O–H groups in total. The van der Waals surface area contributed by atoms with Crippen molar-refractivity contribution >= 4 is 51.9 Å². The minimum atomic E-state index is -0.848. The monoisotopic (exact) mass is 633 g/mol. The van der Waals surface area contributed by atoms with Crippen LogP contribution in [0.3, 0.4) is 0 Å². The number of aromatic nitrogens is 1. The van der Waals surface area contributed by atoms with Crippen molar-refractivity contribution in [2.45, 2.75) is 31.8 Å². The first-order chi connectivity index (χ1) is 22.3. The van der Waals surface area contributed by atoms with E-state index in [4.69, 9.17) is 4.98 Å². The highest BCUT2D eigenvalue weighted by Crippen LogP contribution is 2.32. The first-order valence-electron chi connectivity index (χ1n) is 15.3. The van der Waals surface area contributed by atoms with Gasteiger partial charge in [-0.05, 0) is 61.6 Å². The molecule has 0 unspecified atom stereocenters. The number of carbonyl (C=O) groups is 4. The molecule has 46 heavy (non-hydrogen) atoms. The van der Waals surface area contributed by atoms with Gasteiger partial charge in [-0.1, -0.05) is 54.6 Å². The number of hydrogen-bond acceptors (Lipinski definition) is 7.